The maximum atomic E-state index is 13.0. The van der Waals surface area contributed by atoms with E-state index in [0.29, 0.717) is 24.3 Å². The molecule has 0 bridgehead atoms. The van der Waals surface area contributed by atoms with Crippen LogP contribution in [0.3, 0.4) is 0 Å². The van der Waals surface area contributed by atoms with Crippen molar-refractivity contribution in [3.8, 4) is 0 Å². The lowest BCUT2D eigenvalue weighted by Gasteiger charge is -2.60. The Morgan fingerprint density at radius 2 is 1.70 bits per heavy atom. The summed E-state index contributed by atoms with van der Waals surface area (Å²) in [6, 6.07) is 0.366. The highest BCUT2D eigenvalue weighted by molar-refractivity contribution is 5.80. The SMILES string of the molecule is CC(C)(C)NC(=O)[C@@H]1CC[C@@H]2[C@@H]3CC[C@@H]4NC(=O)CC[C@]4(C)[C@H]3CC[C@]21C. The molecule has 1 heterocycles. The Hall–Kier alpha value is -1.06. The number of carbonyl (C=O) groups is 2. The lowest BCUT2D eigenvalue weighted by atomic mass is 9.47. The fourth-order valence-electron chi connectivity index (χ4n) is 7.59. The Bertz CT molecular complexity index is 639. The molecule has 0 spiro atoms. The number of hydrogen-bond acceptors (Lipinski definition) is 2. The van der Waals surface area contributed by atoms with Crippen molar-refractivity contribution >= 4 is 11.8 Å². The topological polar surface area (TPSA) is 58.2 Å². The van der Waals surface area contributed by atoms with Gasteiger partial charge in [0.05, 0.1) is 0 Å². The predicted octanol–water partition coefficient (Wildman–Crippen LogP) is 4.04. The molecule has 2 N–H and O–H groups in total. The molecule has 0 radical (unpaired) electrons. The minimum atomic E-state index is -0.158. The number of piperidine rings is 1. The third-order valence-electron chi connectivity index (χ3n) is 8.91. The summed E-state index contributed by atoms with van der Waals surface area (Å²) in [5.41, 5.74) is 0.246. The molecule has 1 aliphatic heterocycles. The molecule has 7 atom stereocenters. The molecule has 1 saturated heterocycles. The summed E-state index contributed by atoms with van der Waals surface area (Å²) in [5, 5.41) is 6.57. The second kappa shape index (κ2) is 6.22. The summed E-state index contributed by atoms with van der Waals surface area (Å²) < 4.78 is 0. The number of hydrogen-bond donors (Lipinski definition) is 2. The van der Waals surface area contributed by atoms with E-state index >= 15 is 0 Å². The third-order valence-corrected chi connectivity index (χ3v) is 8.91. The molecule has 3 aliphatic carbocycles. The minimum absolute atomic E-state index is 0.150. The van der Waals surface area contributed by atoms with Crippen LogP contribution in [0.25, 0.3) is 0 Å². The van der Waals surface area contributed by atoms with E-state index in [9.17, 15) is 9.59 Å². The van der Waals surface area contributed by atoms with Gasteiger partial charge in [-0.3, -0.25) is 9.59 Å². The summed E-state index contributed by atoms with van der Waals surface area (Å²) in [4.78, 5) is 25.0. The van der Waals surface area contributed by atoms with Crippen LogP contribution in [-0.2, 0) is 9.59 Å². The van der Waals surface area contributed by atoms with Crippen molar-refractivity contribution in [3.05, 3.63) is 0 Å². The van der Waals surface area contributed by atoms with E-state index in [1.54, 1.807) is 0 Å². The fourth-order valence-corrected chi connectivity index (χ4v) is 7.59. The Morgan fingerprint density at radius 1 is 1.00 bits per heavy atom. The van der Waals surface area contributed by atoms with Crippen LogP contribution >= 0.6 is 0 Å². The first-order chi connectivity index (χ1) is 12.5. The Kier molecular flexibility index (Phi) is 4.44. The predicted molar refractivity (Wildman–Crippen MR) is 107 cm³/mol. The molecule has 0 aromatic rings. The summed E-state index contributed by atoms with van der Waals surface area (Å²) in [6.07, 6.45) is 8.71. The highest BCUT2D eigenvalue weighted by Crippen LogP contribution is 2.65. The molecule has 4 heteroatoms. The normalized spacial score (nSPS) is 46.7. The van der Waals surface area contributed by atoms with E-state index in [1.165, 1.54) is 19.3 Å². The highest BCUT2D eigenvalue weighted by Gasteiger charge is 2.61. The molecule has 3 saturated carbocycles. The smallest absolute Gasteiger partial charge is 0.224 e. The molecule has 0 unspecified atom stereocenters. The number of amides is 2. The average Bonchev–Trinajstić information content (AvgIpc) is 2.91. The van der Waals surface area contributed by atoms with E-state index in [-0.39, 0.29) is 34.1 Å². The summed E-state index contributed by atoms with van der Waals surface area (Å²) >= 11 is 0. The molecule has 4 rings (SSSR count). The number of rotatable bonds is 1. The van der Waals surface area contributed by atoms with Crippen LogP contribution in [0.4, 0.5) is 0 Å². The first kappa shape index (κ1) is 19.3. The maximum absolute atomic E-state index is 13.0. The number of nitrogens with one attached hydrogen (secondary N) is 2. The van der Waals surface area contributed by atoms with Gasteiger partial charge >= 0.3 is 0 Å². The van der Waals surface area contributed by atoms with Gasteiger partial charge in [-0.05, 0) is 94.3 Å². The summed E-state index contributed by atoms with van der Waals surface area (Å²) in [7, 11) is 0. The third kappa shape index (κ3) is 3.02. The second-order valence-corrected chi connectivity index (χ2v) is 11.5. The van der Waals surface area contributed by atoms with Gasteiger partial charge in [0, 0.05) is 23.9 Å². The van der Waals surface area contributed by atoms with Crippen LogP contribution in [0.2, 0.25) is 0 Å². The largest absolute Gasteiger partial charge is 0.353 e. The molecule has 27 heavy (non-hydrogen) atoms. The van der Waals surface area contributed by atoms with E-state index in [2.05, 4.69) is 45.3 Å². The number of carbonyl (C=O) groups excluding carboxylic acids is 2. The first-order valence-electron chi connectivity index (χ1n) is 11.2. The van der Waals surface area contributed by atoms with Crippen LogP contribution < -0.4 is 10.6 Å². The van der Waals surface area contributed by atoms with Crippen molar-refractivity contribution in [2.24, 2.45) is 34.5 Å². The Balaban J connectivity index is 1.55. The quantitative estimate of drug-likeness (QED) is 0.728. The summed E-state index contributed by atoms with van der Waals surface area (Å²) in [6.45, 7) is 11.1. The van der Waals surface area contributed by atoms with Gasteiger partial charge in [-0.15, -0.1) is 0 Å². The van der Waals surface area contributed by atoms with Crippen LogP contribution in [0.15, 0.2) is 0 Å². The molecular weight excluding hydrogens is 336 g/mol. The van der Waals surface area contributed by atoms with Crippen LogP contribution in [0.5, 0.6) is 0 Å². The van der Waals surface area contributed by atoms with Gasteiger partial charge in [0.2, 0.25) is 11.8 Å². The van der Waals surface area contributed by atoms with Crippen molar-refractivity contribution in [2.75, 3.05) is 0 Å². The van der Waals surface area contributed by atoms with Gasteiger partial charge in [0.25, 0.3) is 0 Å². The van der Waals surface area contributed by atoms with Gasteiger partial charge in [-0.2, -0.15) is 0 Å². The van der Waals surface area contributed by atoms with E-state index in [0.717, 1.165) is 31.6 Å². The highest BCUT2D eigenvalue weighted by atomic mass is 16.2. The first-order valence-corrected chi connectivity index (χ1v) is 11.2. The molecular formula is C23H38N2O2. The molecule has 2 amide bonds. The van der Waals surface area contributed by atoms with Crippen molar-refractivity contribution in [2.45, 2.75) is 97.6 Å². The monoisotopic (exact) mass is 374 g/mol. The standard InChI is InChI=1S/C23H38N2O2/c1-21(2,3)25-20(27)17-8-7-15-14-6-9-18-23(5,13-11-19(26)24-18)16(14)10-12-22(15,17)4/h14-18H,6-13H2,1-5H3,(H,24,26)(H,25,27)/t14-,15+,16-,17-,18-,22+,23+/m0/s1. The van der Waals surface area contributed by atoms with Crippen molar-refractivity contribution in [1.29, 1.82) is 0 Å². The van der Waals surface area contributed by atoms with E-state index in [1.807, 2.05) is 0 Å². The van der Waals surface area contributed by atoms with Gasteiger partial charge in [0.1, 0.15) is 0 Å². The van der Waals surface area contributed by atoms with Gasteiger partial charge in [0.15, 0.2) is 0 Å². The minimum Gasteiger partial charge on any atom is -0.353 e. The molecule has 4 aliphatic rings. The maximum Gasteiger partial charge on any atom is 0.224 e. The average molecular weight is 375 g/mol. The van der Waals surface area contributed by atoms with Crippen LogP contribution in [0.1, 0.15) is 86.0 Å². The molecule has 4 nitrogen and oxygen atoms in total. The van der Waals surface area contributed by atoms with Crippen LogP contribution in [-0.4, -0.2) is 23.4 Å². The van der Waals surface area contributed by atoms with Crippen LogP contribution in [0, 0.1) is 34.5 Å². The fraction of sp³-hybridized carbons (Fsp3) is 0.913. The van der Waals surface area contributed by atoms with Crippen molar-refractivity contribution in [1.82, 2.24) is 10.6 Å². The summed E-state index contributed by atoms with van der Waals surface area (Å²) in [5.74, 6) is 2.79. The van der Waals surface area contributed by atoms with E-state index in [4.69, 9.17) is 0 Å². The zero-order valence-corrected chi connectivity index (χ0v) is 17.9. The lowest BCUT2D eigenvalue weighted by Crippen LogP contribution is -2.61. The lowest BCUT2D eigenvalue weighted by molar-refractivity contribution is -0.142. The zero-order valence-electron chi connectivity index (χ0n) is 17.9. The molecule has 0 aromatic heterocycles. The van der Waals surface area contributed by atoms with Crippen molar-refractivity contribution < 1.29 is 9.59 Å². The zero-order chi connectivity index (χ0) is 19.6. The Morgan fingerprint density at radius 3 is 2.41 bits per heavy atom. The van der Waals surface area contributed by atoms with Gasteiger partial charge in [-0.1, -0.05) is 13.8 Å². The van der Waals surface area contributed by atoms with Gasteiger partial charge in [-0.25, -0.2) is 0 Å². The molecule has 0 aromatic carbocycles. The molecule has 152 valence electrons. The Labute approximate surface area is 164 Å². The van der Waals surface area contributed by atoms with E-state index < -0.39 is 0 Å². The number of fused-ring (bicyclic) bond motifs is 5. The molecule has 4 fully saturated rings. The van der Waals surface area contributed by atoms with Crippen molar-refractivity contribution in [3.63, 3.8) is 0 Å². The van der Waals surface area contributed by atoms with Gasteiger partial charge < -0.3 is 10.6 Å². The second-order valence-electron chi connectivity index (χ2n) is 11.5.